The largest absolute Gasteiger partial charge is 0.359 e. The van der Waals surface area contributed by atoms with E-state index in [9.17, 15) is 9.59 Å². The van der Waals surface area contributed by atoms with Gasteiger partial charge in [0.25, 0.3) is 0 Å². The Labute approximate surface area is 176 Å². The van der Waals surface area contributed by atoms with E-state index in [4.69, 9.17) is 9.47 Å². The van der Waals surface area contributed by atoms with E-state index in [1.807, 2.05) is 48.7 Å². The van der Waals surface area contributed by atoms with E-state index >= 15 is 0 Å². The van der Waals surface area contributed by atoms with Gasteiger partial charge in [-0.2, -0.15) is 0 Å². The third-order valence-electron chi connectivity index (χ3n) is 6.60. The molecule has 2 bridgehead atoms. The highest BCUT2D eigenvalue weighted by atomic mass is 79.9. The fraction of sp³-hybridized carbons (Fsp3) is 0.304. The highest BCUT2D eigenvalue weighted by Gasteiger charge is 2.63. The van der Waals surface area contributed by atoms with Gasteiger partial charge in [0.2, 0.25) is 6.29 Å². The number of nitrogens with zero attached hydrogens (tertiary/aromatic N) is 1. The van der Waals surface area contributed by atoms with Crippen LogP contribution in [-0.2, 0) is 14.3 Å². The lowest BCUT2D eigenvalue weighted by Gasteiger charge is -2.34. The van der Waals surface area contributed by atoms with Crippen LogP contribution in [0.2, 0.25) is 0 Å². The first-order chi connectivity index (χ1) is 14.1. The van der Waals surface area contributed by atoms with E-state index in [-0.39, 0.29) is 35.5 Å². The monoisotopic (exact) mass is 451 g/mol. The van der Waals surface area contributed by atoms with Gasteiger partial charge in [-0.3, -0.25) is 9.59 Å². The molecule has 29 heavy (non-hydrogen) atoms. The molecule has 0 saturated carbocycles. The van der Waals surface area contributed by atoms with Crippen molar-refractivity contribution in [3.8, 4) is 0 Å². The maximum absolute atomic E-state index is 13.7. The zero-order valence-corrected chi connectivity index (χ0v) is 17.0. The van der Waals surface area contributed by atoms with Crippen molar-refractivity contribution in [2.75, 3.05) is 6.61 Å². The van der Waals surface area contributed by atoms with Crippen molar-refractivity contribution in [2.45, 2.75) is 24.5 Å². The highest BCUT2D eigenvalue weighted by molar-refractivity contribution is 9.10. The summed E-state index contributed by atoms with van der Waals surface area (Å²) >= 11 is 3.43. The Morgan fingerprint density at radius 1 is 1.10 bits per heavy atom. The minimum atomic E-state index is -0.803. The van der Waals surface area contributed by atoms with Crippen molar-refractivity contribution >= 4 is 33.6 Å². The first-order valence-corrected chi connectivity index (χ1v) is 10.6. The van der Waals surface area contributed by atoms with E-state index in [0.717, 1.165) is 15.6 Å². The number of hydrogen-bond acceptors (Lipinski definition) is 5. The Morgan fingerprint density at radius 2 is 1.90 bits per heavy atom. The van der Waals surface area contributed by atoms with Crippen molar-refractivity contribution < 1.29 is 19.1 Å². The summed E-state index contributed by atoms with van der Waals surface area (Å²) in [5.74, 6) is -0.592. The number of halogens is 1. The van der Waals surface area contributed by atoms with Crippen LogP contribution >= 0.6 is 15.9 Å². The summed E-state index contributed by atoms with van der Waals surface area (Å²) in [6.45, 7) is 0.355. The molecule has 0 unspecified atom stereocenters. The third-order valence-corrected chi connectivity index (χ3v) is 7.13. The van der Waals surface area contributed by atoms with Gasteiger partial charge in [0.15, 0.2) is 11.6 Å². The molecule has 146 valence electrons. The Bertz CT molecular complexity index is 1050. The van der Waals surface area contributed by atoms with Gasteiger partial charge in [0, 0.05) is 22.2 Å². The number of hydrogen-bond donors (Lipinski definition) is 0. The average Bonchev–Trinajstić information content (AvgIpc) is 3.33. The van der Waals surface area contributed by atoms with Crippen LogP contribution in [0.3, 0.4) is 0 Å². The van der Waals surface area contributed by atoms with Crippen LogP contribution in [0.15, 0.2) is 59.2 Å². The Kier molecular flexibility index (Phi) is 3.85. The molecule has 0 amide bonds. The molecule has 5 nitrogen and oxygen atoms in total. The number of carbonyl (C=O) groups excluding carboxylic acids is 2. The van der Waals surface area contributed by atoms with Gasteiger partial charge >= 0.3 is 0 Å². The SMILES string of the molecule is O=C1[C@@H]2OC[C@@H](O2)[C@H]2[C@@H]1[C@@H]1c3ccccc3C=CN1[C@H]2C(=O)c1ccc(Br)cc1. The van der Waals surface area contributed by atoms with E-state index in [1.165, 1.54) is 0 Å². The summed E-state index contributed by atoms with van der Waals surface area (Å²) in [6.07, 6.45) is 2.96. The minimum absolute atomic E-state index is 0.0146. The zero-order chi connectivity index (χ0) is 19.7. The molecule has 4 aliphatic heterocycles. The van der Waals surface area contributed by atoms with E-state index < -0.39 is 12.3 Å². The second kappa shape index (κ2) is 6.36. The van der Waals surface area contributed by atoms with Crippen LogP contribution in [-0.4, -0.2) is 41.5 Å². The third kappa shape index (κ3) is 2.46. The number of carbonyl (C=O) groups is 2. The maximum Gasteiger partial charge on any atom is 0.218 e. The van der Waals surface area contributed by atoms with Crippen molar-refractivity contribution in [1.29, 1.82) is 0 Å². The topological polar surface area (TPSA) is 55.8 Å². The minimum Gasteiger partial charge on any atom is -0.359 e. The molecule has 2 aromatic carbocycles. The van der Waals surface area contributed by atoms with Crippen molar-refractivity contribution in [2.24, 2.45) is 11.8 Å². The van der Waals surface area contributed by atoms with Gasteiger partial charge in [0.1, 0.15) is 0 Å². The molecule has 2 aromatic rings. The molecule has 3 fully saturated rings. The molecule has 4 heterocycles. The Hall–Kier alpha value is -2.28. The second-order valence-electron chi connectivity index (χ2n) is 8.00. The molecule has 4 aliphatic rings. The lowest BCUT2D eigenvalue weighted by atomic mass is 9.75. The van der Waals surface area contributed by atoms with E-state index in [2.05, 4.69) is 33.0 Å². The van der Waals surface area contributed by atoms with Gasteiger partial charge in [-0.15, -0.1) is 0 Å². The molecule has 0 aromatic heterocycles. The molecule has 6 atom stereocenters. The predicted molar refractivity (Wildman–Crippen MR) is 109 cm³/mol. The molecular formula is C23H18BrNO4. The molecule has 0 spiro atoms. The number of rotatable bonds is 2. The fourth-order valence-electron chi connectivity index (χ4n) is 5.40. The predicted octanol–water partition coefficient (Wildman–Crippen LogP) is 3.60. The van der Waals surface area contributed by atoms with E-state index in [0.29, 0.717) is 12.2 Å². The number of benzene rings is 2. The molecule has 0 aliphatic carbocycles. The van der Waals surface area contributed by atoms with Crippen molar-refractivity contribution in [3.63, 3.8) is 0 Å². The van der Waals surface area contributed by atoms with Gasteiger partial charge < -0.3 is 14.4 Å². The Balaban J connectivity index is 1.50. The molecular weight excluding hydrogens is 434 g/mol. The fourth-order valence-corrected chi connectivity index (χ4v) is 5.67. The summed E-state index contributed by atoms with van der Waals surface area (Å²) in [5, 5.41) is 0. The maximum atomic E-state index is 13.7. The quantitative estimate of drug-likeness (QED) is 0.652. The van der Waals surface area contributed by atoms with E-state index in [1.54, 1.807) is 0 Å². The summed E-state index contributed by atoms with van der Waals surface area (Å²) in [6, 6.07) is 14.9. The molecule has 6 heteroatoms. The van der Waals surface area contributed by atoms with Crippen LogP contribution in [0.5, 0.6) is 0 Å². The summed E-state index contributed by atoms with van der Waals surface area (Å²) in [4.78, 5) is 29.0. The smallest absolute Gasteiger partial charge is 0.218 e. The highest BCUT2D eigenvalue weighted by Crippen LogP contribution is 2.54. The lowest BCUT2D eigenvalue weighted by Crippen LogP contribution is -2.48. The first kappa shape index (κ1) is 17.6. The first-order valence-electron chi connectivity index (χ1n) is 9.78. The molecule has 6 rings (SSSR count). The van der Waals surface area contributed by atoms with Crippen LogP contribution in [0, 0.1) is 11.8 Å². The van der Waals surface area contributed by atoms with Gasteiger partial charge in [-0.1, -0.05) is 52.3 Å². The van der Waals surface area contributed by atoms with Crippen LogP contribution in [0.25, 0.3) is 6.08 Å². The second-order valence-corrected chi connectivity index (χ2v) is 8.91. The number of fused-ring (bicyclic) bond motifs is 8. The number of ketones is 2. The molecule has 0 radical (unpaired) electrons. The summed E-state index contributed by atoms with van der Waals surface area (Å²) < 4.78 is 12.4. The van der Waals surface area contributed by atoms with Crippen molar-refractivity contribution in [3.05, 3.63) is 75.9 Å². The average molecular weight is 452 g/mol. The van der Waals surface area contributed by atoms with Gasteiger partial charge in [0.05, 0.1) is 30.7 Å². The van der Waals surface area contributed by atoms with Crippen LogP contribution in [0.1, 0.15) is 27.5 Å². The lowest BCUT2D eigenvalue weighted by molar-refractivity contribution is -0.164. The number of Topliss-reactive ketones (excluding diaryl/α,β-unsaturated/α-hetero) is 2. The molecule has 3 saturated heterocycles. The zero-order valence-electron chi connectivity index (χ0n) is 15.4. The number of ether oxygens (including phenoxy) is 2. The van der Waals surface area contributed by atoms with Crippen molar-refractivity contribution in [1.82, 2.24) is 4.90 Å². The summed E-state index contributed by atoms with van der Waals surface area (Å²) in [7, 11) is 0. The van der Waals surface area contributed by atoms with Crippen LogP contribution < -0.4 is 0 Å². The summed E-state index contributed by atoms with van der Waals surface area (Å²) in [5.41, 5.74) is 2.82. The normalized spacial score (nSPS) is 34.0. The van der Waals surface area contributed by atoms with Crippen LogP contribution in [0.4, 0.5) is 0 Å². The Morgan fingerprint density at radius 3 is 2.72 bits per heavy atom. The molecule has 0 N–H and O–H groups in total. The van der Waals surface area contributed by atoms with Gasteiger partial charge in [-0.25, -0.2) is 0 Å². The standard InChI is InChI=1S/C23H18BrNO4/c24-14-7-5-13(6-8-14)21(26)20-17-16-11-28-23(29-16)22(27)18(17)19-15-4-2-1-3-12(15)9-10-25(19)20/h1-10,16-20,23H,11H2/t16-,17+,18-,19+,20-,23-/m1/s1. The van der Waals surface area contributed by atoms with Gasteiger partial charge in [-0.05, 0) is 29.3 Å².